The van der Waals surface area contributed by atoms with Gasteiger partial charge in [-0.1, -0.05) is 29.8 Å². The number of ether oxygens (including phenoxy) is 1. The number of hydrogen-bond acceptors (Lipinski definition) is 3. The third-order valence-electron chi connectivity index (χ3n) is 2.46. The van der Waals surface area contributed by atoms with Crippen LogP contribution in [-0.4, -0.2) is 16.1 Å². The Morgan fingerprint density at radius 2 is 1.89 bits per heavy atom. The summed E-state index contributed by atoms with van der Waals surface area (Å²) < 4.78 is 5.48. The first-order valence-electron chi connectivity index (χ1n) is 5.66. The molecular weight excluding hydrogens is 266 g/mol. The number of carboxylic acid groups (broad SMARTS) is 1. The lowest BCUT2D eigenvalue weighted by Gasteiger charge is -2.05. The molecule has 0 bridgehead atoms. The highest BCUT2D eigenvalue weighted by Crippen LogP contribution is 2.11. The van der Waals surface area contributed by atoms with Crippen LogP contribution in [0.4, 0.5) is 0 Å². The van der Waals surface area contributed by atoms with Crippen LogP contribution in [0, 0.1) is 0 Å². The molecule has 19 heavy (non-hydrogen) atoms. The number of hydrogen-bond donors (Lipinski definition) is 1. The van der Waals surface area contributed by atoms with Crippen molar-refractivity contribution >= 4 is 17.6 Å². The minimum atomic E-state index is -1.04. The number of halogens is 1. The standard InChI is InChI=1S/C14H12ClNO3/c15-11-6-4-10(5-7-11)8-19-9-12-2-1-3-13(16-12)14(17)18/h1-7H,8-9H2,(H,17,18). The van der Waals surface area contributed by atoms with Crippen molar-refractivity contribution < 1.29 is 14.6 Å². The average Bonchev–Trinajstić information content (AvgIpc) is 2.41. The van der Waals surface area contributed by atoms with Gasteiger partial charge in [-0.15, -0.1) is 0 Å². The van der Waals surface area contributed by atoms with Gasteiger partial charge in [0.2, 0.25) is 0 Å². The summed E-state index contributed by atoms with van der Waals surface area (Å²) in [7, 11) is 0. The van der Waals surface area contributed by atoms with Crippen molar-refractivity contribution in [3.63, 3.8) is 0 Å². The van der Waals surface area contributed by atoms with Gasteiger partial charge >= 0.3 is 5.97 Å². The molecule has 0 saturated carbocycles. The highest BCUT2D eigenvalue weighted by atomic mass is 35.5. The number of carboxylic acids is 1. The highest BCUT2D eigenvalue weighted by Gasteiger charge is 2.05. The lowest BCUT2D eigenvalue weighted by Crippen LogP contribution is -2.03. The summed E-state index contributed by atoms with van der Waals surface area (Å²) in [5, 5.41) is 9.50. The Bertz CT molecular complexity index is 569. The fourth-order valence-corrected chi connectivity index (χ4v) is 1.66. The van der Waals surface area contributed by atoms with Gasteiger partial charge in [-0.2, -0.15) is 0 Å². The monoisotopic (exact) mass is 277 g/mol. The molecule has 2 aromatic rings. The van der Waals surface area contributed by atoms with Crippen LogP contribution in [0.3, 0.4) is 0 Å². The van der Waals surface area contributed by atoms with Crippen molar-refractivity contribution in [3.05, 3.63) is 64.4 Å². The zero-order valence-electron chi connectivity index (χ0n) is 10.0. The molecule has 0 saturated heterocycles. The maximum Gasteiger partial charge on any atom is 0.354 e. The van der Waals surface area contributed by atoms with E-state index in [1.807, 2.05) is 12.1 Å². The molecule has 5 heteroatoms. The summed E-state index contributed by atoms with van der Waals surface area (Å²) in [4.78, 5) is 14.7. The molecule has 0 atom stereocenters. The maximum absolute atomic E-state index is 10.8. The fraction of sp³-hybridized carbons (Fsp3) is 0.143. The molecule has 98 valence electrons. The van der Waals surface area contributed by atoms with Crippen LogP contribution < -0.4 is 0 Å². The minimum absolute atomic E-state index is 0.0209. The van der Waals surface area contributed by atoms with E-state index < -0.39 is 5.97 Å². The molecule has 0 radical (unpaired) electrons. The second-order valence-corrected chi connectivity index (χ2v) is 4.38. The van der Waals surface area contributed by atoms with Gasteiger partial charge in [0.05, 0.1) is 18.9 Å². The summed E-state index contributed by atoms with van der Waals surface area (Å²) in [6, 6.07) is 12.2. The molecule has 0 fully saturated rings. The van der Waals surface area contributed by atoms with E-state index in [1.165, 1.54) is 6.07 Å². The Kier molecular flexibility index (Phi) is 4.49. The molecule has 1 aromatic heterocycles. The van der Waals surface area contributed by atoms with Crippen LogP contribution in [0.5, 0.6) is 0 Å². The molecule has 0 aliphatic heterocycles. The lowest BCUT2D eigenvalue weighted by molar-refractivity contribution is 0.0688. The molecule has 0 aliphatic carbocycles. The molecule has 0 aliphatic rings. The molecule has 1 heterocycles. The van der Waals surface area contributed by atoms with Crippen LogP contribution in [-0.2, 0) is 18.0 Å². The van der Waals surface area contributed by atoms with Crippen LogP contribution in [0.2, 0.25) is 5.02 Å². The van der Waals surface area contributed by atoms with E-state index in [4.69, 9.17) is 21.4 Å². The molecule has 0 spiro atoms. The van der Waals surface area contributed by atoms with Gasteiger partial charge < -0.3 is 9.84 Å². The first-order chi connectivity index (χ1) is 9.15. The summed E-state index contributed by atoms with van der Waals surface area (Å²) in [6.45, 7) is 0.694. The lowest BCUT2D eigenvalue weighted by atomic mass is 10.2. The number of rotatable bonds is 5. The van der Waals surface area contributed by atoms with Gasteiger partial charge in [0, 0.05) is 5.02 Å². The number of aromatic carboxylic acids is 1. The molecule has 0 amide bonds. The van der Waals surface area contributed by atoms with Gasteiger partial charge in [0.15, 0.2) is 0 Å². The van der Waals surface area contributed by atoms with Crippen molar-refractivity contribution in [2.75, 3.05) is 0 Å². The predicted octanol–water partition coefficient (Wildman–Crippen LogP) is 3.15. The molecular formula is C14H12ClNO3. The van der Waals surface area contributed by atoms with Crippen molar-refractivity contribution in [1.82, 2.24) is 4.98 Å². The second-order valence-electron chi connectivity index (χ2n) is 3.94. The van der Waals surface area contributed by atoms with E-state index >= 15 is 0 Å². The SMILES string of the molecule is O=C(O)c1cccc(COCc2ccc(Cl)cc2)n1. The van der Waals surface area contributed by atoms with Crippen molar-refractivity contribution in [2.45, 2.75) is 13.2 Å². The van der Waals surface area contributed by atoms with E-state index in [1.54, 1.807) is 24.3 Å². The third-order valence-corrected chi connectivity index (χ3v) is 2.71. The van der Waals surface area contributed by atoms with Gasteiger partial charge in [-0.25, -0.2) is 9.78 Å². The zero-order chi connectivity index (χ0) is 13.7. The molecule has 0 unspecified atom stereocenters. The quantitative estimate of drug-likeness (QED) is 0.912. The Morgan fingerprint density at radius 1 is 1.16 bits per heavy atom. The van der Waals surface area contributed by atoms with E-state index in [2.05, 4.69) is 4.98 Å². The number of carbonyl (C=O) groups is 1. The van der Waals surface area contributed by atoms with E-state index in [0.717, 1.165) is 5.56 Å². The molecule has 2 rings (SSSR count). The van der Waals surface area contributed by atoms with E-state index in [0.29, 0.717) is 17.3 Å². The Morgan fingerprint density at radius 3 is 2.58 bits per heavy atom. The average molecular weight is 278 g/mol. The maximum atomic E-state index is 10.8. The van der Waals surface area contributed by atoms with Crippen LogP contribution in [0.15, 0.2) is 42.5 Å². The second kappa shape index (κ2) is 6.31. The molecule has 1 aromatic carbocycles. The number of benzene rings is 1. The summed E-state index contributed by atoms with van der Waals surface area (Å²) in [5.74, 6) is -1.04. The smallest absolute Gasteiger partial charge is 0.354 e. The third kappa shape index (κ3) is 4.05. The van der Waals surface area contributed by atoms with Crippen LogP contribution >= 0.6 is 11.6 Å². The van der Waals surface area contributed by atoms with Gasteiger partial charge in [-0.3, -0.25) is 0 Å². The minimum Gasteiger partial charge on any atom is -0.477 e. The summed E-state index contributed by atoms with van der Waals surface area (Å²) >= 11 is 5.78. The Hall–Kier alpha value is -1.91. The first-order valence-corrected chi connectivity index (χ1v) is 6.04. The fourth-order valence-electron chi connectivity index (χ4n) is 1.53. The van der Waals surface area contributed by atoms with Crippen LogP contribution in [0.25, 0.3) is 0 Å². The van der Waals surface area contributed by atoms with Gasteiger partial charge in [-0.05, 0) is 29.8 Å². The number of nitrogens with zero attached hydrogens (tertiary/aromatic N) is 1. The van der Waals surface area contributed by atoms with Crippen molar-refractivity contribution in [2.24, 2.45) is 0 Å². The predicted molar refractivity (Wildman–Crippen MR) is 71.1 cm³/mol. The summed E-state index contributed by atoms with van der Waals surface area (Å²) in [5.41, 5.74) is 1.61. The molecule has 1 N–H and O–H groups in total. The summed E-state index contributed by atoms with van der Waals surface area (Å²) in [6.07, 6.45) is 0. The molecule has 4 nitrogen and oxygen atoms in total. The first kappa shape index (κ1) is 13.5. The zero-order valence-corrected chi connectivity index (χ0v) is 10.8. The number of pyridine rings is 1. The van der Waals surface area contributed by atoms with E-state index in [-0.39, 0.29) is 12.3 Å². The Balaban J connectivity index is 1.90. The highest BCUT2D eigenvalue weighted by molar-refractivity contribution is 6.30. The van der Waals surface area contributed by atoms with Crippen molar-refractivity contribution in [1.29, 1.82) is 0 Å². The topological polar surface area (TPSA) is 59.4 Å². The largest absolute Gasteiger partial charge is 0.477 e. The van der Waals surface area contributed by atoms with E-state index in [9.17, 15) is 4.79 Å². The normalized spacial score (nSPS) is 10.4. The van der Waals surface area contributed by atoms with Gasteiger partial charge in [0.1, 0.15) is 5.69 Å². The van der Waals surface area contributed by atoms with Crippen LogP contribution in [0.1, 0.15) is 21.7 Å². The van der Waals surface area contributed by atoms with Gasteiger partial charge in [0.25, 0.3) is 0 Å². The van der Waals surface area contributed by atoms with Crippen molar-refractivity contribution in [3.8, 4) is 0 Å². The Labute approximate surface area is 115 Å². The number of aromatic nitrogens is 1.